The molecule has 1 aromatic rings. The molecule has 0 aromatic carbocycles. The van der Waals surface area contributed by atoms with E-state index in [1.54, 1.807) is 13.0 Å². The van der Waals surface area contributed by atoms with Gasteiger partial charge in [0, 0.05) is 11.0 Å². The van der Waals surface area contributed by atoms with Crippen LogP contribution in [0.1, 0.15) is 25.2 Å². The van der Waals surface area contributed by atoms with E-state index in [1.165, 1.54) is 6.26 Å². The van der Waals surface area contributed by atoms with Gasteiger partial charge in [0.2, 0.25) is 5.43 Å². The highest BCUT2D eigenvalue weighted by molar-refractivity contribution is 6.10. The molecule has 0 amide bonds. The molecule has 3 nitrogen and oxygen atoms in total. The van der Waals surface area contributed by atoms with Crippen LogP contribution in [-0.2, 0) is 5.41 Å². The van der Waals surface area contributed by atoms with Gasteiger partial charge in [0.05, 0.1) is 7.85 Å². The zero-order valence-electron chi connectivity index (χ0n) is 9.96. The Hall–Kier alpha value is -1.45. The summed E-state index contributed by atoms with van der Waals surface area (Å²) in [5, 5.41) is 2.78. The molecule has 0 atom stereocenters. The molecule has 2 radical (unpaired) electrons. The van der Waals surface area contributed by atoms with Crippen LogP contribution in [0.2, 0.25) is 0 Å². The number of nitrogens with one attached hydrogen (secondary N) is 1. The molecule has 0 aliphatic heterocycles. The average Bonchev–Trinajstić information content (AvgIpc) is 2.22. The van der Waals surface area contributed by atoms with Crippen molar-refractivity contribution in [1.82, 2.24) is 0 Å². The number of aryl methyl sites for hydroxylation is 1. The number of hydrogen-bond acceptors (Lipinski definition) is 3. The van der Waals surface area contributed by atoms with Crippen molar-refractivity contribution < 1.29 is 4.42 Å². The van der Waals surface area contributed by atoms with E-state index >= 15 is 0 Å². The van der Waals surface area contributed by atoms with Gasteiger partial charge in [0.15, 0.2) is 0 Å². The van der Waals surface area contributed by atoms with Crippen molar-refractivity contribution in [2.75, 3.05) is 11.8 Å². The molecule has 0 spiro atoms. The second-order valence-electron chi connectivity index (χ2n) is 4.22. The average molecular weight is 217 g/mol. The van der Waals surface area contributed by atoms with Gasteiger partial charge in [-0.25, -0.2) is 0 Å². The molecule has 0 bridgehead atoms. The molecule has 1 heterocycles. The lowest BCUT2D eigenvalue weighted by atomic mass is 9.84. The van der Waals surface area contributed by atoms with Crippen LogP contribution in [0.4, 0.5) is 5.69 Å². The maximum Gasteiger partial charge on any atom is 0.212 e. The summed E-state index contributed by atoms with van der Waals surface area (Å²) < 4.78 is 5.35. The number of allylic oxidation sites excluding steroid dienone is 1. The first-order valence-electron chi connectivity index (χ1n) is 5.14. The molecular weight excluding hydrogens is 201 g/mol. The van der Waals surface area contributed by atoms with Crippen LogP contribution in [0.5, 0.6) is 0 Å². The zero-order valence-corrected chi connectivity index (χ0v) is 9.96. The van der Waals surface area contributed by atoms with Crippen molar-refractivity contribution in [2.24, 2.45) is 0 Å². The molecule has 16 heavy (non-hydrogen) atoms. The van der Waals surface area contributed by atoms with Crippen molar-refractivity contribution >= 4 is 13.5 Å². The molecule has 0 aliphatic carbocycles. The minimum Gasteiger partial charge on any atom is -0.467 e. The first-order chi connectivity index (χ1) is 7.44. The Kier molecular flexibility index (Phi) is 3.63. The van der Waals surface area contributed by atoms with Crippen LogP contribution >= 0.6 is 0 Å². The second-order valence-corrected chi connectivity index (χ2v) is 4.22. The fourth-order valence-electron chi connectivity index (χ4n) is 1.63. The topological polar surface area (TPSA) is 42.2 Å². The first kappa shape index (κ1) is 12.6. The lowest BCUT2D eigenvalue weighted by Crippen LogP contribution is -2.27. The van der Waals surface area contributed by atoms with E-state index in [9.17, 15) is 4.79 Å². The molecule has 0 saturated heterocycles. The van der Waals surface area contributed by atoms with Crippen LogP contribution in [0.15, 0.2) is 28.1 Å². The Morgan fingerprint density at radius 2 is 2.25 bits per heavy atom. The monoisotopic (exact) mass is 217 g/mol. The van der Waals surface area contributed by atoms with Crippen LogP contribution in [-0.4, -0.2) is 14.3 Å². The van der Waals surface area contributed by atoms with Gasteiger partial charge in [-0.2, -0.15) is 0 Å². The van der Waals surface area contributed by atoms with Crippen molar-refractivity contribution in [3.8, 4) is 0 Å². The molecular formula is C12H16BNO2. The lowest BCUT2D eigenvalue weighted by molar-refractivity contribution is 0.488. The standard InChI is InChI=1S/C12H16BNO2/c1-5-12(3,4)10-8(2)16-6-9(11(10)15)14-7-13/h5-6,14H,1,7H2,2-4H3. The third kappa shape index (κ3) is 2.21. The predicted octanol–water partition coefficient (Wildman–Crippen LogP) is 1.95. The smallest absolute Gasteiger partial charge is 0.212 e. The molecule has 0 saturated carbocycles. The Morgan fingerprint density at radius 1 is 1.62 bits per heavy atom. The summed E-state index contributed by atoms with van der Waals surface area (Å²) in [6.45, 7) is 9.36. The van der Waals surface area contributed by atoms with Crippen LogP contribution in [0.25, 0.3) is 0 Å². The molecule has 0 unspecified atom stereocenters. The number of rotatable bonds is 4. The molecule has 0 aliphatic rings. The Bertz CT molecular complexity index is 449. The van der Waals surface area contributed by atoms with Gasteiger partial charge in [-0.1, -0.05) is 19.9 Å². The predicted molar refractivity (Wildman–Crippen MR) is 67.2 cm³/mol. The molecule has 4 heteroatoms. The largest absolute Gasteiger partial charge is 0.467 e. The Morgan fingerprint density at radius 3 is 2.75 bits per heavy atom. The SMILES string of the molecule is [B]CNc1coc(C)c(C(C)(C)C=C)c1=O. The highest BCUT2D eigenvalue weighted by Crippen LogP contribution is 2.25. The Labute approximate surface area is 97.0 Å². The lowest BCUT2D eigenvalue weighted by Gasteiger charge is -2.21. The van der Waals surface area contributed by atoms with Crippen molar-refractivity contribution in [2.45, 2.75) is 26.2 Å². The van der Waals surface area contributed by atoms with Crippen molar-refractivity contribution in [3.05, 3.63) is 40.5 Å². The van der Waals surface area contributed by atoms with E-state index in [0.717, 1.165) is 0 Å². The van der Waals surface area contributed by atoms with Crippen LogP contribution < -0.4 is 10.7 Å². The van der Waals surface area contributed by atoms with Gasteiger partial charge in [-0.3, -0.25) is 4.79 Å². The van der Waals surface area contributed by atoms with Crippen LogP contribution in [0.3, 0.4) is 0 Å². The van der Waals surface area contributed by atoms with Gasteiger partial charge in [0.1, 0.15) is 17.7 Å². The molecule has 84 valence electrons. The summed E-state index contributed by atoms with van der Waals surface area (Å²) in [6.07, 6.45) is 3.33. The normalized spacial score (nSPS) is 11.2. The molecule has 1 rings (SSSR count). The molecule has 1 aromatic heterocycles. The van der Waals surface area contributed by atoms with E-state index in [-0.39, 0.29) is 11.9 Å². The quantitative estimate of drug-likeness (QED) is 0.619. The molecule has 1 N–H and O–H groups in total. The third-order valence-corrected chi connectivity index (χ3v) is 2.62. The number of hydrogen-bond donors (Lipinski definition) is 1. The summed E-state index contributed by atoms with van der Waals surface area (Å²) in [7, 11) is 5.35. The van der Waals surface area contributed by atoms with Gasteiger partial charge >= 0.3 is 0 Å². The minimum absolute atomic E-state index is 0.0842. The maximum absolute atomic E-state index is 12.2. The second kappa shape index (κ2) is 4.60. The minimum atomic E-state index is -0.420. The van der Waals surface area contributed by atoms with Gasteiger partial charge < -0.3 is 9.73 Å². The van der Waals surface area contributed by atoms with E-state index in [2.05, 4.69) is 11.9 Å². The van der Waals surface area contributed by atoms with Crippen molar-refractivity contribution in [1.29, 1.82) is 0 Å². The summed E-state index contributed by atoms with van der Waals surface area (Å²) in [6, 6.07) is 0. The maximum atomic E-state index is 12.2. The van der Waals surface area contributed by atoms with Gasteiger partial charge in [-0.05, 0) is 13.4 Å². The first-order valence-corrected chi connectivity index (χ1v) is 5.14. The third-order valence-electron chi connectivity index (χ3n) is 2.62. The van der Waals surface area contributed by atoms with Gasteiger partial charge in [0.25, 0.3) is 0 Å². The summed E-state index contributed by atoms with van der Waals surface area (Å²) in [4.78, 5) is 12.2. The molecule has 0 fully saturated rings. The zero-order chi connectivity index (χ0) is 12.3. The van der Waals surface area contributed by atoms with Crippen molar-refractivity contribution in [3.63, 3.8) is 0 Å². The highest BCUT2D eigenvalue weighted by atomic mass is 16.3. The van der Waals surface area contributed by atoms with E-state index < -0.39 is 5.41 Å². The summed E-state index contributed by atoms with van der Waals surface area (Å²) in [5.74, 6) is 0.609. The van der Waals surface area contributed by atoms with Gasteiger partial charge in [-0.15, -0.1) is 6.58 Å². The van der Waals surface area contributed by atoms with E-state index in [1.807, 2.05) is 13.8 Å². The highest BCUT2D eigenvalue weighted by Gasteiger charge is 2.24. The summed E-state index contributed by atoms with van der Waals surface area (Å²) in [5.41, 5.74) is 0.495. The van der Waals surface area contributed by atoms with E-state index in [4.69, 9.17) is 12.3 Å². The number of anilines is 1. The van der Waals surface area contributed by atoms with Crippen LogP contribution in [0, 0.1) is 6.92 Å². The summed E-state index contributed by atoms with van der Waals surface area (Å²) >= 11 is 0. The fraction of sp³-hybridized carbons (Fsp3) is 0.417. The Balaban J connectivity index is 3.43. The fourth-order valence-corrected chi connectivity index (χ4v) is 1.63. The van der Waals surface area contributed by atoms with E-state index in [0.29, 0.717) is 17.0 Å².